The second-order valence-electron chi connectivity index (χ2n) is 4.25. The van der Waals surface area contributed by atoms with E-state index in [0.717, 1.165) is 12.1 Å². The highest BCUT2D eigenvalue weighted by atomic mass is 19.1. The molecule has 0 atom stereocenters. The standard InChI is InChI=1S/C14H12F2N2O3/c1-21-14-5-3-10(7-12(14)16)17-8-9-2-4-13(18(19)20)11(15)6-9/h2-7,17H,8H2,1H3. The van der Waals surface area contributed by atoms with E-state index in [1.54, 1.807) is 6.07 Å². The van der Waals surface area contributed by atoms with Gasteiger partial charge in [-0.05, 0) is 23.8 Å². The molecule has 0 amide bonds. The molecule has 0 spiro atoms. The molecule has 0 heterocycles. The minimum atomic E-state index is -0.903. The number of benzene rings is 2. The van der Waals surface area contributed by atoms with Gasteiger partial charge in [0.25, 0.3) is 0 Å². The third kappa shape index (κ3) is 3.44. The Labute approximate surface area is 119 Å². The molecule has 21 heavy (non-hydrogen) atoms. The van der Waals surface area contributed by atoms with Crippen molar-refractivity contribution in [2.45, 2.75) is 6.54 Å². The molecular formula is C14H12F2N2O3. The first-order chi connectivity index (χ1) is 10.0. The Kier molecular flexibility index (Phi) is 4.32. The summed E-state index contributed by atoms with van der Waals surface area (Å²) in [5, 5.41) is 13.4. The van der Waals surface area contributed by atoms with Gasteiger partial charge in [0.05, 0.1) is 12.0 Å². The van der Waals surface area contributed by atoms with E-state index < -0.39 is 22.2 Å². The second kappa shape index (κ2) is 6.17. The van der Waals surface area contributed by atoms with Crippen molar-refractivity contribution in [3.05, 3.63) is 63.7 Å². The van der Waals surface area contributed by atoms with Crippen LogP contribution >= 0.6 is 0 Å². The van der Waals surface area contributed by atoms with Crippen LogP contribution in [-0.2, 0) is 6.54 Å². The first kappa shape index (κ1) is 14.7. The summed E-state index contributed by atoms with van der Waals surface area (Å²) in [6, 6.07) is 7.94. The number of ether oxygens (including phenoxy) is 1. The maximum absolute atomic E-state index is 13.5. The molecule has 0 aromatic heterocycles. The van der Waals surface area contributed by atoms with Gasteiger partial charge < -0.3 is 10.1 Å². The Balaban J connectivity index is 2.08. The lowest BCUT2D eigenvalue weighted by molar-refractivity contribution is -0.387. The zero-order valence-electron chi connectivity index (χ0n) is 11.1. The molecule has 0 saturated carbocycles. The number of nitro benzene ring substituents is 1. The summed E-state index contributed by atoms with van der Waals surface area (Å²) in [4.78, 5) is 9.72. The molecule has 0 unspecified atom stereocenters. The number of anilines is 1. The molecule has 110 valence electrons. The molecule has 0 radical (unpaired) electrons. The van der Waals surface area contributed by atoms with Gasteiger partial charge in [-0.15, -0.1) is 0 Å². The fraction of sp³-hybridized carbons (Fsp3) is 0.143. The molecule has 0 aliphatic rings. The predicted molar refractivity (Wildman–Crippen MR) is 73.3 cm³/mol. The molecule has 0 bridgehead atoms. The van der Waals surface area contributed by atoms with Gasteiger partial charge in [0, 0.05) is 24.4 Å². The number of methoxy groups -OCH3 is 1. The molecule has 2 aromatic rings. The van der Waals surface area contributed by atoms with Crippen LogP contribution in [0.25, 0.3) is 0 Å². The van der Waals surface area contributed by atoms with Gasteiger partial charge in [-0.3, -0.25) is 10.1 Å². The Bertz CT molecular complexity index is 677. The molecular weight excluding hydrogens is 282 g/mol. The van der Waals surface area contributed by atoms with Crippen LogP contribution in [-0.4, -0.2) is 12.0 Å². The fourth-order valence-corrected chi connectivity index (χ4v) is 1.79. The van der Waals surface area contributed by atoms with Crippen molar-refractivity contribution in [3.8, 4) is 5.75 Å². The van der Waals surface area contributed by atoms with Crippen LogP contribution in [0.1, 0.15) is 5.56 Å². The highest BCUT2D eigenvalue weighted by molar-refractivity contribution is 5.48. The van der Waals surface area contributed by atoms with Crippen molar-refractivity contribution in [2.24, 2.45) is 0 Å². The van der Waals surface area contributed by atoms with Gasteiger partial charge in [-0.25, -0.2) is 4.39 Å². The van der Waals surface area contributed by atoms with E-state index in [2.05, 4.69) is 5.32 Å². The van der Waals surface area contributed by atoms with Crippen LogP contribution in [0.2, 0.25) is 0 Å². The van der Waals surface area contributed by atoms with Crippen LogP contribution in [0.3, 0.4) is 0 Å². The average Bonchev–Trinajstić information content (AvgIpc) is 2.45. The van der Waals surface area contributed by atoms with Crippen molar-refractivity contribution >= 4 is 11.4 Å². The van der Waals surface area contributed by atoms with E-state index in [0.29, 0.717) is 11.3 Å². The molecule has 5 nitrogen and oxygen atoms in total. The largest absolute Gasteiger partial charge is 0.494 e. The zero-order chi connectivity index (χ0) is 15.4. The quantitative estimate of drug-likeness (QED) is 0.677. The Morgan fingerprint density at radius 3 is 2.52 bits per heavy atom. The number of rotatable bonds is 5. The monoisotopic (exact) mass is 294 g/mol. The maximum atomic E-state index is 13.5. The van der Waals surface area contributed by atoms with Crippen LogP contribution in [0.5, 0.6) is 5.75 Å². The summed E-state index contributed by atoms with van der Waals surface area (Å²) >= 11 is 0. The molecule has 2 aromatic carbocycles. The first-order valence-corrected chi connectivity index (χ1v) is 6.01. The van der Waals surface area contributed by atoms with Gasteiger partial charge in [0.2, 0.25) is 5.82 Å². The number of hydrogen-bond acceptors (Lipinski definition) is 4. The lowest BCUT2D eigenvalue weighted by Crippen LogP contribution is -2.02. The normalized spacial score (nSPS) is 10.2. The van der Waals surface area contributed by atoms with E-state index >= 15 is 0 Å². The van der Waals surface area contributed by atoms with Gasteiger partial charge >= 0.3 is 5.69 Å². The summed E-state index contributed by atoms with van der Waals surface area (Å²) in [6.07, 6.45) is 0. The summed E-state index contributed by atoms with van der Waals surface area (Å²) < 4.78 is 31.7. The van der Waals surface area contributed by atoms with E-state index in [-0.39, 0.29) is 12.3 Å². The van der Waals surface area contributed by atoms with E-state index in [1.807, 2.05) is 0 Å². The van der Waals surface area contributed by atoms with Crippen molar-refractivity contribution in [1.29, 1.82) is 0 Å². The second-order valence-corrected chi connectivity index (χ2v) is 4.25. The van der Waals surface area contributed by atoms with E-state index in [9.17, 15) is 18.9 Å². The SMILES string of the molecule is COc1ccc(NCc2ccc([N+](=O)[O-])c(F)c2)cc1F. The van der Waals surface area contributed by atoms with Crippen LogP contribution in [0.15, 0.2) is 36.4 Å². The van der Waals surface area contributed by atoms with Crippen molar-refractivity contribution in [2.75, 3.05) is 12.4 Å². The molecule has 7 heteroatoms. The Morgan fingerprint density at radius 2 is 1.95 bits per heavy atom. The summed E-state index contributed by atoms with van der Waals surface area (Å²) in [5.41, 5.74) is 0.427. The Morgan fingerprint density at radius 1 is 1.19 bits per heavy atom. The smallest absolute Gasteiger partial charge is 0.304 e. The van der Waals surface area contributed by atoms with Gasteiger partial charge in [0.15, 0.2) is 11.6 Å². The zero-order valence-corrected chi connectivity index (χ0v) is 11.1. The minimum absolute atomic E-state index is 0.127. The Hall–Kier alpha value is -2.70. The number of nitrogens with one attached hydrogen (secondary N) is 1. The summed E-state index contributed by atoms with van der Waals surface area (Å²) in [6.45, 7) is 0.209. The molecule has 0 aliphatic heterocycles. The predicted octanol–water partition coefficient (Wildman–Crippen LogP) is 3.49. The van der Waals surface area contributed by atoms with Crippen LogP contribution in [0, 0.1) is 21.7 Å². The number of nitro groups is 1. The van der Waals surface area contributed by atoms with Gasteiger partial charge in [-0.1, -0.05) is 6.07 Å². The average molecular weight is 294 g/mol. The highest BCUT2D eigenvalue weighted by Gasteiger charge is 2.13. The molecule has 2 rings (SSSR count). The van der Waals surface area contributed by atoms with Crippen LogP contribution in [0.4, 0.5) is 20.2 Å². The molecule has 0 saturated heterocycles. The minimum Gasteiger partial charge on any atom is -0.494 e. The lowest BCUT2D eigenvalue weighted by atomic mass is 10.2. The third-order valence-corrected chi connectivity index (χ3v) is 2.86. The van der Waals surface area contributed by atoms with Crippen molar-refractivity contribution in [3.63, 3.8) is 0 Å². The number of hydrogen-bond donors (Lipinski definition) is 1. The molecule has 0 fully saturated rings. The first-order valence-electron chi connectivity index (χ1n) is 6.01. The molecule has 1 N–H and O–H groups in total. The topological polar surface area (TPSA) is 64.4 Å². The molecule has 0 aliphatic carbocycles. The third-order valence-electron chi connectivity index (χ3n) is 2.86. The van der Waals surface area contributed by atoms with Gasteiger partial charge in [-0.2, -0.15) is 4.39 Å². The van der Waals surface area contributed by atoms with Crippen molar-refractivity contribution in [1.82, 2.24) is 0 Å². The van der Waals surface area contributed by atoms with Gasteiger partial charge in [0.1, 0.15) is 0 Å². The fourth-order valence-electron chi connectivity index (χ4n) is 1.79. The van der Waals surface area contributed by atoms with Crippen LogP contribution < -0.4 is 10.1 Å². The van der Waals surface area contributed by atoms with E-state index in [1.165, 1.54) is 25.3 Å². The highest BCUT2D eigenvalue weighted by Crippen LogP contribution is 2.22. The van der Waals surface area contributed by atoms with Crippen molar-refractivity contribution < 1.29 is 18.4 Å². The summed E-state index contributed by atoms with van der Waals surface area (Å²) in [7, 11) is 1.37. The van der Waals surface area contributed by atoms with E-state index in [4.69, 9.17) is 4.74 Å². The number of halogens is 2. The lowest BCUT2D eigenvalue weighted by Gasteiger charge is -2.08. The maximum Gasteiger partial charge on any atom is 0.304 e. The summed E-state index contributed by atoms with van der Waals surface area (Å²) in [5.74, 6) is -1.29. The number of nitrogens with zero attached hydrogens (tertiary/aromatic N) is 1.